The Hall–Kier alpha value is -0.0800. The lowest BCUT2D eigenvalue weighted by Crippen LogP contribution is -2.38. The Morgan fingerprint density at radius 2 is 2.00 bits per heavy atom. The fraction of sp³-hybridized carbons (Fsp3) is 1.00. The van der Waals surface area contributed by atoms with Gasteiger partial charge in [0.2, 0.25) is 0 Å². The zero-order valence-electron chi connectivity index (χ0n) is 10.3. The van der Waals surface area contributed by atoms with Crippen LogP contribution in [0.2, 0.25) is 0 Å². The SMILES string of the molecule is CC1CCCC(NCCN(C)C2CC2)C1. The van der Waals surface area contributed by atoms with Crippen LogP contribution in [0.1, 0.15) is 45.4 Å². The maximum Gasteiger partial charge on any atom is 0.0107 e. The minimum absolute atomic E-state index is 0.807. The van der Waals surface area contributed by atoms with Crippen LogP contribution < -0.4 is 5.32 Å². The molecule has 0 heterocycles. The predicted molar refractivity (Wildman–Crippen MR) is 65.1 cm³/mol. The Balaban J connectivity index is 1.56. The Bertz CT molecular complexity index is 189. The minimum atomic E-state index is 0.807. The molecule has 2 atom stereocenters. The van der Waals surface area contributed by atoms with Gasteiger partial charge in [-0.2, -0.15) is 0 Å². The lowest BCUT2D eigenvalue weighted by molar-refractivity contribution is 0.274. The van der Waals surface area contributed by atoms with Crippen molar-refractivity contribution < 1.29 is 0 Å². The first-order chi connectivity index (χ1) is 7.25. The molecule has 2 unspecified atom stereocenters. The third-order valence-corrected chi connectivity index (χ3v) is 4.00. The molecule has 2 saturated carbocycles. The van der Waals surface area contributed by atoms with Crippen LogP contribution in [0.4, 0.5) is 0 Å². The van der Waals surface area contributed by atoms with Gasteiger partial charge in [-0.05, 0) is 38.6 Å². The van der Waals surface area contributed by atoms with E-state index in [1.807, 2.05) is 0 Å². The van der Waals surface area contributed by atoms with Gasteiger partial charge < -0.3 is 10.2 Å². The summed E-state index contributed by atoms with van der Waals surface area (Å²) in [5.74, 6) is 0.942. The summed E-state index contributed by atoms with van der Waals surface area (Å²) < 4.78 is 0. The number of hydrogen-bond donors (Lipinski definition) is 1. The second-order valence-corrected chi connectivity index (χ2v) is 5.63. The number of likely N-dealkylation sites (N-methyl/N-ethyl adjacent to an activating group) is 1. The lowest BCUT2D eigenvalue weighted by atomic mass is 9.87. The third kappa shape index (κ3) is 3.76. The molecule has 0 spiro atoms. The van der Waals surface area contributed by atoms with Crippen molar-refractivity contribution in [3.63, 3.8) is 0 Å². The summed E-state index contributed by atoms with van der Waals surface area (Å²) in [6.07, 6.45) is 8.52. The molecule has 2 rings (SSSR count). The average molecular weight is 210 g/mol. The van der Waals surface area contributed by atoms with Crippen LogP contribution in [0.15, 0.2) is 0 Å². The number of hydrogen-bond acceptors (Lipinski definition) is 2. The fourth-order valence-corrected chi connectivity index (χ4v) is 2.76. The van der Waals surface area contributed by atoms with Crippen molar-refractivity contribution in [3.8, 4) is 0 Å². The van der Waals surface area contributed by atoms with E-state index in [-0.39, 0.29) is 0 Å². The van der Waals surface area contributed by atoms with Crippen molar-refractivity contribution >= 4 is 0 Å². The molecule has 88 valence electrons. The van der Waals surface area contributed by atoms with E-state index in [2.05, 4.69) is 24.2 Å². The van der Waals surface area contributed by atoms with Gasteiger partial charge in [-0.3, -0.25) is 0 Å². The van der Waals surface area contributed by atoms with E-state index in [0.29, 0.717) is 0 Å². The van der Waals surface area contributed by atoms with Crippen molar-refractivity contribution in [2.75, 3.05) is 20.1 Å². The highest BCUT2D eigenvalue weighted by atomic mass is 15.2. The maximum absolute atomic E-state index is 3.72. The highest BCUT2D eigenvalue weighted by Crippen LogP contribution is 2.25. The van der Waals surface area contributed by atoms with E-state index in [1.54, 1.807) is 0 Å². The predicted octanol–water partition coefficient (Wildman–Crippen LogP) is 2.25. The first-order valence-corrected chi connectivity index (χ1v) is 6.69. The molecular formula is C13H26N2. The van der Waals surface area contributed by atoms with Gasteiger partial charge in [-0.1, -0.05) is 19.8 Å². The molecule has 0 aromatic heterocycles. The Morgan fingerprint density at radius 3 is 2.67 bits per heavy atom. The summed E-state index contributed by atoms with van der Waals surface area (Å²) in [5.41, 5.74) is 0. The highest BCUT2D eigenvalue weighted by Gasteiger charge is 2.25. The van der Waals surface area contributed by atoms with Gasteiger partial charge in [0.15, 0.2) is 0 Å². The first-order valence-electron chi connectivity index (χ1n) is 6.69. The molecule has 2 aliphatic carbocycles. The molecule has 2 fully saturated rings. The maximum atomic E-state index is 3.72. The van der Waals surface area contributed by atoms with Gasteiger partial charge in [-0.15, -0.1) is 0 Å². The first kappa shape index (κ1) is 11.4. The standard InChI is InChI=1S/C13H26N2/c1-11-4-3-5-12(10-11)14-8-9-15(2)13-6-7-13/h11-14H,3-10H2,1-2H3. The van der Waals surface area contributed by atoms with Crippen LogP contribution in [-0.2, 0) is 0 Å². The van der Waals surface area contributed by atoms with Crippen LogP contribution in [0.3, 0.4) is 0 Å². The number of nitrogens with one attached hydrogen (secondary N) is 1. The minimum Gasteiger partial charge on any atom is -0.313 e. The Labute approximate surface area is 94.4 Å². The van der Waals surface area contributed by atoms with E-state index in [0.717, 1.165) is 18.0 Å². The molecule has 0 saturated heterocycles. The van der Waals surface area contributed by atoms with Gasteiger partial charge >= 0.3 is 0 Å². The topological polar surface area (TPSA) is 15.3 Å². The second kappa shape index (κ2) is 5.31. The number of rotatable bonds is 5. The van der Waals surface area contributed by atoms with Crippen molar-refractivity contribution in [2.45, 2.75) is 57.5 Å². The van der Waals surface area contributed by atoms with Gasteiger partial charge in [-0.25, -0.2) is 0 Å². The van der Waals surface area contributed by atoms with E-state index < -0.39 is 0 Å². The molecule has 2 aliphatic rings. The molecule has 15 heavy (non-hydrogen) atoms. The Morgan fingerprint density at radius 1 is 1.20 bits per heavy atom. The zero-order valence-corrected chi connectivity index (χ0v) is 10.3. The average Bonchev–Trinajstić information content (AvgIpc) is 3.00. The summed E-state index contributed by atoms with van der Waals surface area (Å²) in [6.45, 7) is 4.81. The third-order valence-electron chi connectivity index (χ3n) is 4.00. The van der Waals surface area contributed by atoms with Crippen molar-refractivity contribution in [1.82, 2.24) is 10.2 Å². The van der Waals surface area contributed by atoms with E-state index in [9.17, 15) is 0 Å². The van der Waals surface area contributed by atoms with Crippen molar-refractivity contribution in [1.29, 1.82) is 0 Å². The fourth-order valence-electron chi connectivity index (χ4n) is 2.76. The van der Waals surface area contributed by atoms with E-state index >= 15 is 0 Å². The molecule has 0 radical (unpaired) electrons. The quantitative estimate of drug-likeness (QED) is 0.749. The summed E-state index contributed by atoms with van der Waals surface area (Å²) in [4.78, 5) is 2.51. The summed E-state index contributed by atoms with van der Waals surface area (Å²) >= 11 is 0. The van der Waals surface area contributed by atoms with Gasteiger partial charge in [0.1, 0.15) is 0 Å². The molecule has 0 aromatic rings. The summed E-state index contributed by atoms with van der Waals surface area (Å²) in [6, 6.07) is 1.72. The van der Waals surface area contributed by atoms with Crippen LogP contribution in [-0.4, -0.2) is 37.1 Å². The van der Waals surface area contributed by atoms with Gasteiger partial charge in [0, 0.05) is 25.2 Å². The summed E-state index contributed by atoms with van der Waals surface area (Å²) in [5, 5.41) is 3.72. The monoisotopic (exact) mass is 210 g/mol. The smallest absolute Gasteiger partial charge is 0.0107 e. The molecule has 0 aromatic carbocycles. The molecule has 0 bridgehead atoms. The summed E-state index contributed by atoms with van der Waals surface area (Å²) in [7, 11) is 2.27. The molecule has 0 aliphatic heterocycles. The van der Waals surface area contributed by atoms with Crippen LogP contribution in [0, 0.1) is 5.92 Å². The molecule has 2 nitrogen and oxygen atoms in total. The highest BCUT2D eigenvalue weighted by molar-refractivity contribution is 4.83. The van der Waals surface area contributed by atoms with Crippen molar-refractivity contribution in [2.24, 2.45) is 5.92 Å². The Kier molecular flexibility index (Phi) is 4.04. The molecule has 1 N–H and O–H groups in total. The van der Waals surface area contributed by atoms with Crippen LogP contribution in [0.5, 0.6) is 0 Å². The van der Waals surface area contributed by atoms with Crippen LogP contribution in [0.25, 0.3) is 0 Å². The van der Waals surface area contributed by atoms with Crippen LogP contribution >= 0.6 is 0 Å². The van der Waals surface area contributed by atoms with Gasteiger partial charge in [0.05, 0.1) is 0 Å². The lowest BCUT2D eigenvalue weighted by Gasteiger charge is -2.28. The van der Waals surface area contributed by atoms with E-state index in [4.69, 9.17) is 0 Å². The molecule has 2 heteroatoms. The zero-order chi connectivity index (χ0) is 10.7. The number of nitrogens with zero attached hydrogens (tertiary/aromatic N) is 1. The second-order valence-electron chi connectivity index (χ2n) is 5.63. The van der Waals surface area contributed by atoms with Gasteiger partial charge in [0.25, 0.3) is 0 Å². The molecular weight excluding hydrogens is 184 g/mol. The normalized spacial score (nSPS) is 32.2. The largest absolute Gasteiger partial charge is 0.313 e. The molecule has 0 amide bonds. The van der Waals surface area contributed by atoms with Crippen molar-refractivity contribution in [3.05, 3.63) is 0 Å². The van der Waals surface area contributed by atoms with E-state index in [1.165, 1.54) is 51.6 Å².